The summed E-state index contributed by atoms with van der Waals surface area (Å²) >= 11 is 0. The molecule has 0 spiro atoms. The highest BCUT2D eigenvalue weighted by molar-refractivity contribution is 5.98. The van der Waals surface area contributed by atoms with E-state index >= 15 is 0 Å². The molecule has 4 nitrogen and oxygen atoms in total. The Kier molecular flexibility index (Phi) is 9.69. The number of benzene rings is 2. The summed E-state index contributed by atoms with van der Waals surface area (Å²) in [6.07, 6.45) is 3.40. The van der Waals surface area contributed by atoms with Gasteiger partial charge < -0.3 is 14.7 Å². The number of nitrogens with zero attached hydrogens (tertiary/aromatic N) is 1. The molecule has 1 heterocycles. The molecule has 1 unspecified atom stereocenters. The van der Waals surface area contributed by atoms with E-state index in [1.807, 2.05) is 0 Å². The zero-order valence-electron chi connectivity index (χ0n) is 16.9. The Morgan fingerprint density at radius 2 is 1.70 bits per heavy atom. The van der Waals surface area contributed by atoms with Crippen molar-refractivity contribution >= 4 is 18.2 Å². The second-order valence-corrected chi connectivity index (χ2v) is 7.52. The molecular formula is C23H28ClF2NO3. The summed E-state index contributed by atoms with van der Waals surface area (Å²) in [7, 11) is 0. The highest BCUT2D eigenvalue weighted by Crippen LogP contribution is 2.23. The van der Waals surface area contributed by atoms with E-state index in [1.54, 1.807) is 12.1 Å². The molecular weight excluding hydrogens is 412 g/mol. The van der Waals surface area contributed by atoms with Crippen LogP contribution in [-0.2, 0) is 6.42 Å². The zero-order chi connectivity index (χ0) is 20.6. The maximum Gasteiger partial charge on any atom is 0.167 e. The van der Waals surface area contributed by atoms with Crippen LogP contribution in [0.5, 0.6) is 5.75 Å². The summed E-state index contributed by atoms with van der Waals surface area (Å²) in [6.45, 7) is 2.51. The fraction of sp³-hybridized carbons (Fsp3) is 0.435. The van der Waals surface area contributed by atoms with E-state index in [0.29, 0.717) is 13.0 Å². The Morgan fingerprint density at radius 3 is 2.40 bits per heavy atom. The SMILES string of the molecule is Cl.O=C(CCc1ccc(F)cc1)c1cc(F)ccc1OCC(O)CN1CCCCC1. The Labute approximate surface area is 182 Å². The summed E-state index contributed by atoms with van der Waals surface area (Å²) in [5.74, 6) is -0.831. The van der Waals surface area contributed by atoms with E-state index < -0.39 is 11.9 Å². The quantitative estimate of drug-likeness (QED) is 0.587. The number of Topliss-reactive ketones (excluding diaryl/α,β-unsaturated/α-hetero) is 1. The Morgan fingerprint density at radius 1 is 1.03 bits per heavy atom. The number of piperidine rings is 1. The predicted octanol–water partition coefficient (Wildman–Crippen LogP) is 4.43. The molecule has 1 aliphatic heterocycles. The van der Waals surface area contributed by atoms with Gasteiger partial charge in [-0.2, -0.15) is 0 Å². The molecule has 7 heteroatoms. The van der Waals surface area contributed by atoms with E-state index in [0.717, 1.165) is 31.5 Å². The molecule has 0 aromatic heterocycles. The molecule has 1 saturated heterocycles. The van der Waals surface area contributed by atoms with Crippen LogP contribution in [0, 0.1) is 11.6 Å². The average molecular weight is 440 g/mol. The van der Waals surface area contributed by atoms with Gasteiger partial charge in [-0.15, -0.1) is 12.4 Å². The minimum atomic E-state index is -0.680. The number of likely N-dealkylation sites (tertiary alicyclic amines) is 1. The lowest BCUT2D eigenvalue weighted by Crippen LogP contribution is -2.38. The van der Waals surface area contributed by atoms with Gasteiger partial charge in [-0.25, -0.2) is 8.78 Å². The van der Waals surface area contributed by atoms with Gasteiger partial charge in [0.25, 0.3) is 0 Å². The molecule has 0 aliphatic carbocycles. The van der Waals surface area contributed by atoms with E-state index in [9.17, 15) is 18.7 Å². The molecule has 2 aromatic carbocycles. The van der Waals surface area contributed by atoms with Crippen LogP contribution in [-0.4, -0.2) is 48.1 Å². The number of β-amino-alcohol motifs (C(OH)–C–C–N with tert-alkyl or cyclic N) is 1. The summed E-state index contributed by atoms with van der Waals surface area (Å²) in [6, 6.07) is 9.78. The summed E-state index contributed by atoms with van der Waals surface area (Å²) in [5.41, 5.74) is 0.993. The Hall–Kier alpha value is -2.02. The zero-order valence-corrected chi connectivity index (χ0v) is 17.7. The standard InChI is InChI=1S/C23H27F2NO3.ClH/c24-18-7-4-17(5-8-18)6-10-22(28)21-14-19(25)9-11-23(21)29-16-20(27)15-26-12-2-1-3-13-26;/h4-5,7-9,11,14,20,27H,1-3,6,10,12-13,15-16H2;1H. The number of carbonyl (C=O) groups is 1. The monoisotopic (exact) mass is 439 g/mol. The Bertz CT molecular complexity index is 811. The average Bonchev–Trinajstić information content (AvgIpc) is 2.73. The third-order valence-corrected chi connectivity index (χ3v) is 5.14. The van der Waals surface area contributed by atoms with Crippen molar-refractivity contribution in [1.82, 2.24) is 4.90 Å². The molecule has 1 N–H and O–H groups in total. The lowest BCUT2D eigenvalue weighted by atomic mass is 10.0. The van der Waals surface area contributed by atoms with Gasteiger partial charge in [0, 0.05) is 13.0 Å². The topological polar surface area (TPSA) is 49.8 Å². The molecule has 1 atom stereocenters. The lowest BCUT2D eigenvalue weighted by molar-refractivity contribution is 0.0610. The van der Waals surface area contributed by atoms with Crippen molar-refractivity contribution in [3.8, 4) is 5.75 Å². The molecule has 30 heavy (non-hydrogen) atoms. The van der Waals surface area contributed by atoms with E-state index in [2.05, 4.69) is 4.90 Å². The third kappa shape index (κ3) is 7.35. The smallest absolute Gasteiger partial charge is 0.167 e. The van der Waals surface area contributed by atoms with Crippen LogP contribution in [0.2, 0.25) is 0 Å². The van der Waals surface area contributed by atoms with Crippen molar-refractivity contribution < 1.29 is 23.4 Å². The van der Waals surface area contributed by atoms with Crippen LogP contribution >= 0.6 is 12.4 Å². The first kappa shape index (κ1) is 24.3. The first-order chi connectivity index (χ1) is 14.0. The van der Waals surface area contributed by atoms with Gasteiger partial charge in [0.15, 0.2) is 5.78 Å². The molecule has 3 rings (SSSR count). The lowest BCUT2D eigenvalue weighted by Gasteiger charge is -2.28. The third-order valence-electron chi connectivity index (χ3n) is 5.14. The molecule has 0 radical (unpaired) electrons. The summed E-state index contributed by atoms with van der Waals surface area (Å²) < 4.78 is 32.4. The normalized spacial score (nSPS) is 15.3. The summed E-state index contributed by atoms with van der Waals surface area (Å²) in [4.78, 5) is 14.8. The van der Waals surface area contributed by atoms with Crippen LogP contribution in [0.3, 0.4) is 0 Å². The number of halogens is 3. The fourth-order valence-corrected chi connectivity index (χ4v) is 3.57. The van der Waals surface area contributed by atoms with Crippen LogP contribution in [0.4, 0.5) is 8.78 Å². The van der Waals surface area contributed by atoms with Gasteiger partial charge in [-0.05, 0) is 68.2 Å². The van der Waals surface area contributed by atoms with Crippen molar-refractivity contribution in [3.63, 3.8) is 0 Å². The number of ether oxygens (including phenoxy) is 1. The van der Waals surface area contributed by atoms with Gasteiger partial charge in [0.1, 0.15) is 30.1 Å². The highest BCUT2D eigenvalue weighted by Gasteiger charge is 2.18. The number of ketones is 1. The van der Waals surface area contributed by atoms with Gasteiger partial charge in [-0.1, -0.05) is 18.6 Å². The number of hydrogen-bond acceptors (Lipinski definition) is 4. The van der Waals surface area contributed by atoms with Crippen molar-refractivity contribution in [1.29, 1.82) is 0 Å². The van der Waals surface area contributed by atoms with Crippen molar-refractivity contribution in [2.75, 3.05) is 26.2 Å². The molecule has 1 fully saturated rings. The molecule has 164 valence electrons. The minimum absolute atomic E-state index is 0. The number of carbonyl (C=O) groups excluding carboxylic acids is 1. The van der Waals surface area contributed by atoms with Crippen molar-refractivity contribution in [3.05, 3.63) is 65.2 Å². The van der Waals surface area contributed by atoms with Gasteiger partial charge in [-0.3, -0.25) is 4.79 Å². The van der Waals surface area contributed by atoms with Crippen molar-refractivity contribution in [2.24, 2.45) is 0 Å². The number of rotatable bonds is 9. The second-order valence-electron chi connectivity index (χ2n) is 7.52. The first-order valence-electron chi connectivity index (χ1n) is 10.1. The predicted molar refractivity (Wildman–Crippen MR) is 114 cm³/mol. The van der Waals surface area contributed by atoms with Gasteiger partial charge in [0.05, 0.1) is 5.56 Å². The Balaban J connectivity index is 0.00000320. The van der Waals surface area contributed by atoms with E-state index in [1.165, 1.54) is 36.8 Å². The van der Waals surface area contributed by atoms with E-state index in [-0.39, 0.29) is 48.3 Å². The molecule has 0 bridgehead atoms. The van der Waals surface area contributed by atoms with Crippen LogP contribution < -0.4 is 4.74 Å². The fourth-order valence-electron chi connectivity index (χ4n) is 3.57. The molecule has 0 amide bonds. The second kappa shape index (κ2) is 12.0. The summed E-state index contributed by atoms with van der Waals surface area (Å²) in [5, 5.41) is 10.3. The number of aliphatic hydroxyl groups is 1. The number of aryl methyl sites for hydroxylation is 1. The van der Waals surface area contributed by atoms with Crippen LogP contribution in [0.1, 0.15) is 41.6 Å². The van der Waals surface area contributed by atoms with E-state index in [4.69, 9.17) is 4.74 Å². The minimum Gasteiger partial charge on any atom is -0.490 e. The highest BCUT2D eigenvalue weighted by atomic mass is 35.5. The largest absolute Gasteiger partial charge is 0.490 e. The molecule has 0 saturated carbocycles. The molecule has 2 aromatic rings. The number of aliphatic hydroxyl groups excluding tert-OH is 1. The van der Waals surface area contributed by atoms with Crippen LogP contribution in [0.25, 0.3) is 0 Å². The van der Waals surface area contributed by atoms with Gasteiger partial charge >= 0.3 is 0 Å². The number of hydrogen-bond donors (Lipinski definition) is 1. The van der Waals surface area contributed by atoms with Gasteiger partial charge in [0.2, 0.25) is 0 Å². The molecule has 1 aliphatic rings. The first-order valence-corrected chi connectivity index (χ1v) is 10.1. The maximum atomic E-state index is 13.7. The van der Waals surface area contributed by atoms with Crippen molar-refractivity contribution in [2.45, 2.75) is 38.2 Å². The maximum absolute atomic E-state index is 13.7. The van der Waals surface area contributed by atoms with Crippen LogP contribution in [0.15, 0.2) is 42.5 Å².